The molecule has 1 aliphatic rings. The van der Waals surface area contributed by atoms with Gasteiger partial charge in [0.05, 0.1) is 35.2 Å². The average molecular weight is 422 g/mol. The number of hydrogen-bond acceptors (Lipinski definition) is 5. The van der Waals surface area contributed by atoms with E-state index in [1.165, 1.54) is 0 Å². The molecule has 0 bridgehead atoms. The molecule has 0 unspecified atom stereocenters. The van der Waals surface area contributed by atoms with E-state index < -0.39 is 5.41 Å². The van der Waals surface area contributed by atoms with Crippen LogP contribution >= 0.6 is 11.6 Å². The smallest absolute Gasteiger partial charge is 0.291 e. The number of aliphatic hydroxyl groups excluding tert-OH is 1. The summed E-state index contributed by atoms with van der Waals surface area (Å²) in [6.07, 6.45) is 3.51. The Hall–Kier alpha value is -3.14. The Kier molecular flexibility index (Phi) is 5.58. The van der Waals surface area contributed by atoms with E-state index in [4.69, 9.17) is 16.0 Å². The van der Waals surface area contributed by atoms with Crippen molar-refractivity contribution in [2.24, 2.45) is 0 Å². The zero-order valence-corrected chi connectivity index (χ0v) is 16.9. The molecule has 1 aliphatic carbocycles. The first-order valence-electron chi connectivity index (χ1n) is 9.72. The minimum Gasteiger partial charge on any atom is -0.451 e. The van der Waals surface area contributed by atoms with Gasteiger partial charge in [-0.3, -0.25) is 9.78 Å². The van der Waals surface area contributed by atoms with Gasteiger partial charge < -0.3 is 14.8 Å². The lowest BCUT2D eigenvalue weighted by molar-refractivity contribution is 0.0997. The van der Waals surface area contributed by atoms with Crippen LogP contribution in [-0.4, -0.2) is 22.1 Å². The highest BCUT2D eigenvalue weighted by Gasteiger charge is 2.37. The van der Waals surface area contributed by atoms with Crippen LogP contribution in [0.3, 0.4) is 0 Å². The molecule has 4 rings (SSSR count). The van der Waals surface area contributed by atoms with Crippen LogP contribution in [0.5, 0.6) is 0 Å². The minimum atomic E-state index is -0.684. The molecule has 30 heavy (non-hydrogen) atoms. The van der Waals surface area contributed by atoms with E-state index in [1.54, 1.807) is 42.6 Å². The first-order valence-corrected chi connectivity index (χ1v) is 10.1. The molecule has 1 amide bonds. The number of nitriles is 1. The van der Waals surface area contributed by atoms with E-state index in [2.05, 4.69) is 16.4 Å². The second-order valence-electron chi connectivity index (χ2n) is 7.48. The molecule has 1 saturated carbocycles. The molecule has 2 aromatic heterocycles. The Balaban J connectivity index is 1.45. The molecule has 2 heterocycles. The van der Waals surface area contributed by atoms with E-state index in [0.29, 0.717) is 47.8 Å². The first kappa shape index (κ1) is 20.1. The molecular formula is C23H20ClN3O3. The Morgan fingerprint density at radius 3 is 2.53 bits per heavy atom. The number of pyridine rings is 1. The van der Waals surface area contributed by atoms with Gasteiger partial charge in [-0.2, -0.15) is 5.26 Å². The van der Waals surface area contributed by atoms with Gasteiger partial charge in [-0.25, -0.2) is 0 Å². The number of benzene rings is 1. The Morgan fingerprint density at radius 1 is 1.17 bits per heavy atom. The van der Waals surface area contributed by atoms with Gasteiger partial charge in [-0.05, 0) is 74.2 Å². The second-order valence-corrected chi connectivity index (χ2v) is 7.92. The van der Waals surface area contributed by atoms with Crippen molar-refractivity contribution in [3.05, 3.63) is 71.2 Å². The van der Waals surface area contributed by atoms with E-state index >= 15 is 0 Å². The highest BCUT2D eigenvalue weighted by atomic mass is 35.5. The van der Waals surface area contributed by atoms with E-state index in [-0.39, 0.29) is 17.8 Å². The lowest BCUT2D eigenvalue weighted by Gasteiger charge is -2.32. The summed E-state index contributed by atoms with van der Waals surface area (Å²) >= 11 is 5.90. The van der Waals surface area contributed by atoms with E-state index in [9.17, 15) is 15.2 Å². The zero-order valence-electron chi connectivity index (χ0n) is 16.1. The minimum absolute atomic E-state index is 0.179. The number of carbonyl (C=O) groups excluding carboxylic acids is 1. The third-order valence-electron chi connectivity index (χ3n) is 5.49. The maximum atomic E-state index is 12.5. The third-order valence-corrected chi connectivity index (χ3v) is 5.74. The van der Waals surface area contributed by atoms with Gasteiger partial charge in [0.2, 0.25) is 0 Å². The largest absolute Gasteiger partial charge is 0.451 e. The quantitative estimate of drug-likeness (QED) is 0.621. The molecule has 1 aromatic carbocycles. The van der Waals surface area contributed by atoms with Gasteiger partial charge >= 0.3 is 0 Å². The van der Waals surface area contributed by atoms with Gasteiger partial charge in [0.25, 0.3) is 5.91 Å². The van der Waals surface area contributed by atoms with Crippen molar-refractivity contribution in [3.63, 3.8) is 0 Å². The topological polar surface area (TPSA) is 99.2 Å². The van der Waals surface area contributed by atoms with Crippen LogP contribution in [0.25, 0.3) is 11.3 Å². The molecule has 6 nitrogen and oxygen atoms in total. The van der Waals surface area contributed by atoms with Gasteiger partial charge in [0, 0.05) is 10.6 Å². The number of nitrogens with one attached hydrogen (secondary N) is 1. The van der Waals surface area contributed by atoms with Crippen LogP contribution in [0.2, 0.25) is 5.02 Å². The summed E-state index contributed by atoms with van der Waals surface area (Å²) in [4.78, 5) is 16.9. The maximum Gasteiger partial charge on any atom is 0.291 e. The fourth-order valence-electron chi connectivity index (χ4n) is 3.69. The highest BCUT2D eigenvalue weighted by molar-refractivity contribution is 6.30. The van der Waals surface area contributed by atoms with Crippen molar-refractivity contribution in [1.82, 2.24) is 4.98 Å². The number of aliphatic hydroxyl groups is 1. The molecule has 0 spiro atoms. The van der Waals surface area contributed by atoms with Crippen molar-refractivity contribution in [2.75, 3.05) is 5.32 Å². The molecule has 3 aromatic rings. The summed E-state index contributed by atoms with van der Waals surface area (Å²) in [6.45, 7) is 0. The van der Waals surface area contributed by atoms with Crippen molar-refractivity contribution < 1.29 is 14.3 Å². The zero-order chi connectivity index (χ0) is 21.1. The van der Waals surface area contributed by atoms with Crippen LogP contribution < -0.4 is 5.32 Å². The summed E-state index contributed by atoms with van der Waals surface area (Å²) in [5, 5.41) is 22.8. The number of halogens is 1. The summed E-state index contributed by atoms with van der Waals surface area (Å²) in [6, 6.07) is 16.4. The highest BCUT2D eigenvalue weighted by Crippen LogP contribution is 2.38. The molecule has 0 radical (unpaired) electrons. The molecule has 152 valence electrons. The molecule has 0 atom stereocenters. The van der Waals surface area contributed by atoms with Crippen LogP contribution in [0.4, 0.5) is 5.69 Å². The van der Waals surface area contributed by atoms with Gasteiger partial charge in [0.15, 0.2) is 5.76 Å². The Morgan fingerprint density at radius 2 is 1.90 bits per heavy atom. The van der Waals surface area contributed by atoms with Gasteiger partial charge in [-0.1, -0.05) is 11.6 Å². The van der Waals surface area contributed by atoms with Crippen molar-refractivity contribution in [1.29, 1.82) is 5.26 Å². The standard InChI is InChI=1S/C23H20ClN3O3/c24-16-3-1-15(2-4-16)19-6-7-20(30-19)22(29)27-17-5-8-21(26-13-17)23(14-25)11-9-18(28)10-12-23/h1-8,13,18,28H,9-12H2,(H,27,29)/t18-,23+. The SMILES string of the molecule is N#C[C@]1(c2ccc(NC(=O)c3ccc(-c4ccc(Cl)cc4)o3)cn2)CC[C@@H](O)CC1. The third kappa shape index (κ3) is 4.09. The summed E-state index contributed by atoms with van der Waals surface area (Å²) < 4.78 is 5.66. The predicted molar refractivity (Wildman–Crippen MR) is 113 cm³/mol. The summed E-state index contributed by atoms with van der Waals surface area (Å²) in [5.74, 6) is 0.361. The Bertz CT molecular complexity index is 1080. The van der Waals surface area contributed by atoms with E-state index in [1.807, 2.05) is 12.1 Å². The molecular weight excluding hydrogens is 402 g/mol. The normalized spacial score (nSPS) is 21.0. The summed E-state index contributed by atoms with van der Waals surface area (Å²) in [7, 11) is 0. The van der Waals surface area contributed by atoms with Crippen molar-refractivity contribution in [2.45, 2.75) is 37.2 Å². The number of amides is 1. The van der Waals surface area contributed by atoms with Crippen molar-refractivity contribution in [3.8, 4) is 17.4 Å². The second kappa shape index (κ2) is 8.31. The fraction of sp³-hybridized carbons (Fsp3) is 0.261. The fourth-order valence-corrected chi connectivity index (χ4v) is 3.82. The predicted octanol–water partition coefficient (Wildman–Crippen LogP) is 4.94. The Labute approximate surface area is 179 Å². The number of nitrogens with zero attached hydrogens (tertiary/aromatic N) is 2. The molecule has 0 saturated heterocycles. The molecule has 2 N–H and O–H groups in total. The molecule has 0 aliphatic heterocycles. The molecule has 1 fully saturated rings. The number of anilines is 1. The van der Waals surface area contributed by atoms with Crippen LogP contribution in [-0.2, 0) is 5.41 Å². The summed E-state index contributed by atoms with van der Waals surface area (Å²) in [5.41, 5.74) is 1.31. The number of aromatic nitrogens is 1. The van der Waals surface area contributed by atoms with Gasteiger partial charge in [0.1, 0.15) is 5.76 Å². The number of carbonyl (C=O) groups is 1. The average Bonchev–Trinajstić information content (AvgIpc) is 3.26. The lowest BCUT2D eigenvalue weighted by Crippen LogP contribution is -2.33. The number of furan rings is 1. The number of rotatable bonds is 4. The maximum absolute atomic E-state index is 12.5. The lowest BCUT2D eigenvalue weighted by atomic mass is 9.72. The van der Waals surface area contributed by atoms with Crippen LogP contribution in [0, 0.1) is 11.3 Å². The van der Waals surface area contributed by atoms with Crippen LogP contribution in [0.1, 0.15) is 41.9 Å². The first-order chi connectivity index (χ1) is 14.5. The monoisotopic (exact) mass is 421 g/mol. The van der Waals surface area contributed by atoms with Gasteiger partial charge in [-0.15, -0.1) is 0 Å². The van der Waals surface area contributed by atoms with Crippen LogP contribution in [0.15, 0.2) is 59.1 Å². The van der Waals surface area contributed by atoms with Crippen molar-refractivity contribution >= 4 is 23.2 Å². The molecule has 7 heteroatoms. The van der Waals surface area contributed by atoms with E-state index in [0.717, 1.165) is 5.56 Å². The number of hydrogen-bond donors (Lipinski definition) is 2.